The zero-order valence-electron chi connectivity index (χ0n) is 15.0. The molecular weight excluding hydrogens is 378 g/mol. The Bertz CT molecular complexity index is 1030. The minimum Gasteiger partial charge on any atom is -0.497 e. The highest BCUT2D eigenvalue weighted by atomic mass is 32.2. The first kappa shape index (κ1) is 19.0. The Morgan fingerprint density at radius 3 is 2.30 bits per heavy atom. The Kier molecular flexibility index (Phi) is 5.84. The van der Waals surface area contributed by atoms with Crippen LogP contribution in [0.1, 0.15) is 23.4 Å². The van der Waals surface area contributed by atoms with Crippen LogP contribution >= 0.6 is 11.3 Å². The highest BCUT2D eigenvalue weighted by molar-refractivity contribution is 7.89. The van der Waals surface area contributed by atoms with E-state index in [9.17, 15) is 8.42 Å². The van der Waals surface area contributed by atoms with Gasteiger partial charge in [0.25, 0.3) is 10.0 Å². The summed E-state index contributed by atoms with van der Waals surface area (Å²) < 4.78 is 32.9. The standard InChI is InChI=1S/C21H19NO3S2/c1-17(18-7-4-3-5-8-18)22(15-14-20-9-6-16-26-20)27(23,24)21-12-10-19(25-2)11-13-21/h3-13,16-17H,1-2H3. The van der Waals surface area contributed by atoms with E-state index in [1.165, 1.54) is 27.8 Å². The van der Waals surface area contributed by atoms with Gasteiger partial charge < -0.3 is 4.74 Å². The Morgan fingerprint density at radius 1 is 1.00 bits per heavy atom. The molecule has 0 bridgehead atoms. The summed E-state index contributed by atoms with van der Waals surface area (Å²) in [6, 6.07) is 22.0. The molecule has 3 aromatic rings. The summed E-state index contributed by atoms with van der Waals surface area (Å²) in [7, 11) is -2.28. The molecule has 0 N–H and O–H groups in total. The van der Waals surface area contributed by atoms with Gasteiger partial charge in [-0.3, -0.25) is 0 Å². The second kappa shape index (κ2) is 8.30. The molecule has 0 radical (unpaired) electrons. The van der Waals surface area contributed by atoms with Crippen LogP contribution in [0.25, 0.3) is 0 Å². The second-order valence-corrected chi connectivity index (χ2v) is 8.54. The van der Waals surface area contributed by atoms with Crippen LogP contribution in [0.2, 0.25) is 0 Å². The van der Waals surface area contributed by atoms with Crippen LogP contribution in [-0.2, 0) is 10.0 Å². The SMILES string of the molecule is COc1ccc(S(=O)(=O)N(C#Cc2cccs2)C(C)c2ccccc2)cc1. The third-order valence-corrected chi connectivity index (χ3v) is 6.64. The van der Waals surface area contributed by atoms with Gasteiger partial charge >= 0.3 is 0 Å². The third kappa shape index (κ3) is 4.33. The maximum Gasteiger partial charge on any atom is 0.271 e. The molecule has 0 aliphatic rings. The number of hydrogen-bond acceptors (Lipinski definition) is 4. The van der Waals surface area contributed by atoms with Gasteiger partial charge in [-0.2, -0.15) is 0 Å². The highest BCUT2D eigenvalue weighted by Crippen LogP contribution is 2.27. The number of sulfonamides is 1. The van der Waals surface area contributed by atoms with Gasteiger partial charge in [-0.1, -0.05) is 36.4 Å². The van der Waals surface area contributed by atoms with Crippen molar-refractivity contribution in [2.45, 2.75) is 17.9 Å². The minimum atomic E-state index is -3.82. The Labute approximate surface area is 164 Å². The van der Waals surface area contributed by atoms with Gasteiger partial charge in [0.2, 0.25) is 0 Å². The molecule has 0 aliphatic carbocycles. The minimum absolute atomic E-state index is 0.173. The second-order valence-electron chi connectivity index (χ2n) is 5.78. The number of benzene rings is 2. The zero-order chi connectivity index (χ0) is 19.3. The van der Waals surface area contributed by atoms with Gasteiger partial charge in [0, 0.05) is 6.04 Å². The predicted octanol–water partition coefficient (Wildman–Crippen LogP) is 4.52. The van der Waals surface area contributed by atoms with Gasteiger partial charge in [0.1, 0.15) is 5.75 Å². The van der Waals surface area contributed by atoms with Crippen LogP contribution in [0, 0.1) is 12.0 Å². The first-order valence-corrected chi connectivity index (χ1v) is 10.6. The van der Waals surface area contributed by atoms with E-state index < -0.39 is 16.1 Å². The Hall–Kier alpha value is -2.75. The molecule has 0 saturated heterocycles. The van der Waals surface area contributed by atoms with Crippen molar-refractivity contribution in [2.75, 3.05) is 7.11 Å². The van der Waals surface area contributed by atoms with Crippen molar-refractivity contribution in [1.82, 2.24) is 4.31 Å². The summed E-state index contributed by atoms with van der Waals surface area (Å²) in [5.74, 6) is 3.56. The molecule has 3 rings (SSSR count). The summed E-state index contributed by atoms with van der Waals surface area (Å²) in [6.07, 6.45) is 0. The number of ether oxygens (including phenoxy) is 1. The Morgan fingerprint density at radius 2 is 1.70 bits per heavy atom. The van der Waals surface area contributed by atoms with Gasteiger partial charge in [-0.05, 0) is 54.1 Å². The number of rotatable bonds is 5. The summed E-state index contributed by atoms with van der Waals surface area (Å²) in [5.41, 5.74) is 0.870. The quantitative estimate of drug-likeness (QED) is 0.470. The molecule has 1 atom stereocenters. The van der Waals surface area contributed by atoms with E-state index in [-0.39, 0.29) is 4.90 Å². The fourth-order valence-electron chi connectivity index (χ4n) is 2.55. The van der Waals surface area contributed by atoms with Crippen molar-refractivity contribution >= 4 is 21.4 Å². The van der Waals surface area contributed by atoms with Crippen molar-refractivity contribution in [3.8, 4) is 17.7 Å². The number of thiophene rings is 1. The first-order chi connectivity index (χ1) is 13.0. The third-order valence-electron chi connectivity index (χ3n) is 4.06. The molecule has 0 fully saturated rings. The topological polar surface area (TPSA) is 46.6 Å². The fraction of sp³-hybridized carbons (Fsp3) is 0.143. The molecule has 138 valence electrons. The molecule has 27 heavy (non-hydrogen) atoms. The average molecular weight is 398 g/mol. The number of methoxy groups -OCH3 is 1. The highest BCUT2D eigenvalue weighted by Gasteiger charge is 2.28. The lowest BCUT2D eigenvalue weighted by atomic mass is 10.1. The summed E-state index contributed by atoms with van der Waals surface area (Å²) in [6.45, 7) is 1.83. The number of hydrogen-bond donors (Lipinski definition) is 0. The van der Waals surface area contributed by atoms with Crippen molar-refractivity contribution in [3.05, 3.63) is 82.6 Å². The van der Waals surface area contributed by atoms with E-state index in [0.717, 1.165) is 10.4 Å². The summed E-state index contributed by atoms with van der Waals surface area (Å²) in [4.78, 5) is 0.983. The molecule has 0 amide bonds. The Balaban J connectivity index is 2.04. The molecule has 0 saturated carbocycles. The van der Waals surface area contributed by atoms with Gasteiger partial charge in [0.05, 0.1) is 22.9 Å². The lowest BCUT2D eigenvalue weighted by Crippen LogP contribution is -2.29. The normalized spacial score (nSPS) is 11.9. The van der Waals surface area contributed by atoms with Crippen LogP contribution in [0.15, 0.2) is 77.0 Å². The van der Waals surface area contributed by atoms with Crippen LogP contribution in [0.5, 0.6) is 5.75 Å². The molecule has 4 nitrogen and oxygen atoms in total. The molecule has 1 aromatic heterocycles. The lowest BCUT2D eigenvalue weighted by Gasteiger charge is -2.25. The van der Waals surface area contributed by atoms with E-state index in [2.05, 4.69) is 12.0 Å². The van der Waals surface area contributed by atoms with Crippen LogP contribution in [-0.4, -0.2) is 19.8 Å². The largest absolute Gasteiger partial charge is 0.497 e. The van der Waals surface area contributed by atoms with E-state index in [1.54, 1.807) is 19.2 Å². The van der Waals surface area contributed by atoms with Crippen LogP contribution in [0.4, 0.5) is 0 Å². The van der Waals surface area contributed by atoms with E-state index in [4.69, 9.17) is 4.74 Å². The lowest BCUT2D eigenvalue weighted by molar-refractivity contribution is 0.414. The van der Waals surface area contributed by atoms with Crippen LogP contribution < -0.4 is 4.74 Å². The molecule has 2 aromatic carbocycles. The molecular formula is C21H19NO3S2. The smallest absolute Gasteiger partial charge is 0.271 e. The van der Waals surface area contributed by atoms with Gasteiger partial charge in [-0.25, -0.2) is 12.7 Å². The molecule has 1 heterocycles. The molecule has 0 spiro atoms. The van der Waals surface area contributed by atoms with Gasteiger partial charge in [0.15, 0.2) is 0 Å². The molecule has 1 unspecified atom stereocenters. The molecule has 0 aliphatic heterocycles. The molecule has 6 heteroatoms. The fourth-order valence-corrected chi connectivity index (χ4v) is 4.53. The number of nitrogens with zero attached hydrogens (tertiary/aromatic N) is 1. The van der Waals surface area contributed by atoms with E-state index in [1.807, 2.05) is 54.8 Å². The monoisotopic (exact) mass is 397 g/mol. The first-order valence-electron chi connectivity index (χ1n) is 8.31. The zero-order valence-corrected chi connectivity index (χ0v) is 16.6. The maximum absolute atomic E-state index is 13.3. The summed E-state index contributed by atoms with van der Waals surface area (Å²) >= 11 is 1.47. The van der Waals surface area contributed by atoms with Crippen molar-refractivity contribution in [1.29, 1.82) is 0 Å². The average Bonchev–Trinajstić information content (AvgIpc) is 3.22. The van der Waals surface area contributed by atoms with Crippen molar-refractivity contribution in [3.63, 3.8) is 0 Å². The maximum atomic E-state index is 13.3. The van der Waals surface area contributed by atoms with E-state index >= 15 is 0 Å². The van der Waals surface area contributed by atoms with Crippen molar-refractivity contribution in [2.24, 2.45) is 0 Å². The van der Waals surface area contributed by atoms with Gasteiger partial charge in [-0.15, -0.1) is 11.3 Å². The van der Waals surface area contributed by atoms with Crippen molar-refractivity contribution < 1.29 is 13.2 Å². The summed E-state index contributed by atoms with van der Waals surface area (Å²) in [5, 5.41) is 1.91. The van der Waals surface area contributed by atoms with E-state index in [0.29, 0.717) is 5.75 Å². The predicted molar refractivity (Wildman–Crippen MR) is 108 cm³/mol. The van der Waals surface area contributed by atoms with Crippen LogP contribution in [0.3, 0.4) is 0 Å².